The standard InChI is InChI=1S/C17H25N5OS/c1-12-14(11-18-22(12)2)8-9-15(23)19-17-21-20-16(24-17)10-13-6-4-3-5-7-13/h11,13H,3-10H2,1-2H3,(H,19,21,23). The molecule has 2 heterocycles. The van der Waals surface area contributed by atoms with Gasteiger partial charge in [0, 0.05) is 25.6 Å². The summed E-state index contributed by atoms with van der Waals surface area (Å²) in [5.74, 6) is 0.724. The number of aryl methyl sites for hydroxylation is 2. The van der Waals surface area contributed by atoms with Crippen molar-refractivity contribution in [2.75, 3.05) is 5.32 Å². The van der Waals surface area contributed by atoms with Crippen LogP contribution in [0.2, 0.25) is 0 Å². The minimum Gasteiger partial charge on any atom is -0.301 e. The Morgan fingerprint density at radius 1 is 1.33 bits per heavy atom. The van der Waals surface area contributed by atoms with Crippen molar-refractivity contribution in [2.45, 2.75) is 58.3 Å². The molecular weight excluding hydrogens is 322 g/mol. The molecule has 0 atom stereocenters. The molecule has 24 heavy (non-hydrogen) atoms. The number of amides is 1. The van der Waals surface area contributed by atoms with Crippen molar-refractivity contribution in [1.82, 2.24) is 20.0 Å². The molecule has 0 spiro atoms. The van der Waals surface area contributed by atoms with Gasteiger partial charge in [-0.05, 0) is 24.8 Å². The Hall–Kier alpha value is -1.76. The summed E-state index contributed by atoms with van der Waals surface area (Å²) in [6.45, 7) is 2.02. The van der Waals surface area contributed by atoms with Crippen LogP contribution in [0.1, 0.15) is 54.8 Å². The molecule has 1 amide bonds. The summed E-state index contributed by atoms with van der Waals surface area (Å²) < 4.78 is 1.83. The Bertz CT molecular complexity index is 687. The van der Waals surface area contributed by atoms with Gasteiger partial charge in [0.2, 0.25) is 11.0 Å². The van der Waals surface area contributed by atoms with Gasteiger partial charge < -0.3 is 5.32 Å². The Kier molecular flexibility index (Phi) is 5.60. The molecule has 2 aromatic heterocycles. The summed E-state index contributed by atoms with van der Waals surface area (Å²) in [5.41, 5.74) is 2.22. The van der Waals surface area contributed by atoms with E-state index in [-0.39, 0.29) is 5.91 Å². The van der Waals surface area contributed by atoms with Gasteiger partial charge in [0.1, 0.15) is 5.01 Å². The highest BCUT2D eigenvalue weighted by Gasteiger charge is 2.17. The molecule has 1 aliphatic carbocycles. The number of anilines is 1. The van der Waals surface area contributed by atoms with E-state index in [9.17, 15) is 4.79 Å². The maximum atomic E-state index is 12.1. The van der Waals surface area contributed by atoms with Crippen molar-refractivity contribution < 1.29 is 4.79 Å². The van der Waals surface area contributed by atoms with Gasteiger partial charge in [-0.1, -0.05) is 43.4 Å². The molecule has 0 bridgehead atoms. The zero-order valence-electron chi connectivity index (χ0n) is 14.4. The second-order valence-electron chi connectivity index (χ2n) is 6.64. The number of carbonyl (C=O) groups excluding carboxylic acids is 1. The molecule has 7 heteroatoms. The highest BCUT2D eigenvalue weighted by atomic mass is 32.1. The molecule has 0 unspecified atom stereocenters. The third kappa shape index (κ3) is 4.41. The lowest BCUT2D eigenvalue weighted by atomic mass is 9.87. The first-order valence-electron chi connectivity index (χ1n) is 8.71. The summed E-state index contributed by atoms with van der Waals surface area (Å²) in [7, 11) is 1.91. The minimum atomic E-state index is -0.0152. The molecule has 1 saturated carbocycles. The van der Waals surface area contributed by atoms with Gasteiger partial charge in [0.25, 0.3) is 0 Å². The maximum Gasteiger partial charge on any atom is 0.226 e. The quantitative estimate of drug-likeness (QED) is 0.870. The van der Waals surface area contributed by atoms with Gasteiger partial charge >= 0.3 is 0 Å². The summed E-state index contributed by atoms with van der Waals surface area (Å²) in [5, 5.41) is 17.1. The van der Waals surface area contributed by atoms with Gasteiger partial charge in [-0.3, -0.25) is 9.48 Å². The average Bonchev–Trinajstić information content (AvgIpc) is 3.14. The molecule has 0 saturated heterocycles. The van der Waals surface area contributed by atoms with Crippen molar-refractivity contribution in [3.63, 3.8) is 0 Å². The fourth-order valence-electron chi connectivity index (χ4n) is 3.24. The smallest absolute Gasteiger partial charge is 0.226 e. The topological polar surface area (TPSA) is 72.7 Å². The molecule has 3 rings (SSSR count). The second-order valence-corrected chi connectivity index (χ2v) is 7.70. The van der Waals surface area contributed by atoms with E-state index in [0.717, 1.165) is 28.6 Å². The molecule has 0 aromatic carbocycles. The van der Waals surface area contributed by atoms with E-state index in [0.29, 0.717) is 18.0 Å². The number of aromatic nitrogens is 4. The van der Waals surface area contributed by atoms with Gasteiger partial charge in [0.05, 0.1) is 6.20 Å². The van der Waals surface area contributed by atoms with E-state index in [1.165, 1.54) is 43.4 Å². The Morgan fingerprint density at radius 3 is 2.83 bits per heavy atom. The highest BCUT2D eigenvalue weighted by molar-refractivity contribution is 7.15. The van der Waals surface area contributed by atoms with Crippen LogP contribution in [0.3, 0.4) is 0 Å². The molecule has 0 aliphatic heterocycles. The first kappa shape index (κ1) is 17.1. The van der Waals surface area contributed by atoms with Gasteiger partial charge in [-0.2, -0.15) is 5.10 Å². The van der Waals surface area contributed by atoms with Crippen LogP contribution in [0.15, 0.2) is 6.20 Å². The van der Waals surface area contributed by atoms with Crippen LogP contribution < -0.4 is 5.32 Å². The number of nitrogens with one attached hydrogen (secondary N) is 1. The van der Waals surface area contributed by atoms with Crippen LogP contribution >= 0.6 is 11.3 Å². The number of rotatable bonds is 6. The van der Waals surface area contributed by atoms with Gasteiger partial charge in [0.15, 0.2) is 0 Å². The molecular formula is C17H25N5OS. The fourth-order valence-corrected chi connectivity index (χ4v) is 4.11. The molecule has 1 aliphatic rings. The van der Waals surface area contributed by atoms with Crippen molar-refractivity contribution in [2.24, 2.45) is 13.0 Å². The van der Waals surface area contributed by atoms with Crippen molar-refractivity contribution in [3.8, 4) is 0 Å². The average molecular weight is 347 g/mol. The summed E-state index contributed by atoms with van der Waals surface area (Å²) >= 11 is 1.51. The zero-order valence-corrected chi connectivity index (χ0v) is 15.2. The Morgan fingerprint density at radius 2 is 2.12 bits per heavy atom. The summed E-state index contributed by atoms with van der Waals surface area (Å²) in [6, 6.07) is 0. The molecule has 130 valence electrons. The van der Waals surface area contributed by atoms with Crippen molar-refractivity contribution >= 4 is 22.4 Å². The van der Waals surface area contributed by atoms with Gasteiger partial charge in [-0.25, -0.2) is 0 Å². The Labute approximate surface area is 146 Å². The molecule has 1 fully saturated rings. The van der Waals surface area contributed by atoms with Crippen LogP contribution in [-0.4, -0.2) is 25.9 Å². The number of hydrogen-bond acceptors (Lipinski definition) is 5. The minimum absolute atomic E-state index is 0.0152. The van der Waals surface area contributed by atoms with E-state index in [2.05, 4.69) is 20.6 Å². The normalized spacial score (nSPS) is 15.6. The van der Waals surface area contributed by atoms with E-state index >= 15 is 0 Å². The predicted molar refractivity (Wildman–Crippen MR) is 95.1 cm³/mol. The van der Waals surface area contributed by atoms with Crippen LogP contribution in [0, 0.1) is 12.8 Å². The maximum absolute atomic E-state index is 12.1. The zero-order chi connectivity index (χ0) is 16.9. The third-order valence-electron chi connectivity index (χ3n) is 4.86. The van der Waals surface area contributed by atoms with E-state index in [4.69, 9.17) is 0 Å². The summed E-state index contributed by atoms with van der Waals surface area (Å²) in [6.07, 6.45) is 10.6. The number of nitrogens with zero attached hydrogens (tertiary/aromatic N) is 4. The fraction of sp³-hybridized carbons (Fsp3) is 0.647. The number of hydrogen-bond donors (Lipinski definition) is 1. The second kappa shape index (κ2) is 7.88. The lowest BCUT2D eigenvalue weighted by molar-refractivity contribution is -0.116. The van der Waals surface area contributed by atoms with E-state index < -0.39 is 0 Å². The Balaban J connectivity index is 1.47. The highest BCUT2D eigenvalue weighted by Crippen LogP contribution is 2.28. The van der Waals surface area contributed by atoms with Crippen LogP contribution in [0.5, 0.6) is 0 Å². The van der Waals surface area contributed by atoms with E-state index in [1.54, 1.807) is 0 Å². The SMILES string of the molecule is Cc1c(CCC(=O)Nc2nnc(CC3CCCCC3)s2)cnn1C. The lowest BCUT2D eigenvalue weighted by Crippen LogP contribution is -2.12. The first-order valence-corrected chi connectivity index (χ1v) is 9.53. The molecule has 1 N–H and O–H groups in total. The van der Waals surface area contributed by atoms with Crippen molar-refractivity contribution in [1.29, 1.82) is 0 Å². The van der Waals surface area contributed by atoms with Crippen LogP contribution in [0.4, 0.5) is 5.13 Å². The molecule has 6 nitrogen and oxygen atoms in total. The van der Waals surface area contributed by atoms with Gasteiger partial charge in [-0.15, -0.1) is 10.2 Å². The number of carbonyl (C=O) groups is 1. The molecule has 2 aromatic rings. The molecule has 0 radical (unpaired) electrons. The predicted octanol–water partition coefficient (Wildman–Crippen LogP) is 3.27. The summed E-state index contributed by atoms with van der Waals surface area (Å²) in [4.78, 5) is 12.1. The third-order valence-corrected chi connectivity index (χ3v) is 5.72. The largest absolute Gasteiger partial charge is 0.301 e. The van der Waals surface area contributed by atoms with Crippen LogP contribution in [0.25, 0.3) is 0 Å². The van der Waals surface area contributed by atoms with Crippen LogP contribution in [-0.2, 0) is 24.7 Å². The van der Waals surface area contributed by atoms with Crippen molar-refractivity contribution in [3.05, 3.63) is 22.5 Å². The first-order chi connectivity index (χ1) is 11.6. The monoisotopic (exact) mass is 347 g/mol. The van der Waals surface area contributed by atoms with E-state index in [1.807, 2.05) is 24.9 Å². The lowest BCUT2D eigenvalue weighted by Gasteiger charge is -2.19.